The summed E-state index contributed by atoms with van der Waals surface area (Å²) in [6.07, 6.45) is 4.85. The van der Waals surface area contributed by atoms with E-state index in [9.17, 15) is 4.79 Å². The number of fused-ring (bicyclic) bond motifs is 5. The molecule has 3 aromatic rings. The van der Waals surface area contributed by atoms with Crippen LogP contribution >= 0.6 is 0 Å². The van der Waals surface area contributed by atoms with Crippen molar-refractivity contribution in [1.82, 2.24) is 20.2 Å². The smallest absolute Gasteiger partial charge is 0.234 e. The molecule has 0 spiro atoms. The predicted octanol–water partition coefficient (Wildman–Crippen LogP) is 4.01. The highest BCUT2D eigenvalue weighted by atomic mass is 16.5. The number of rotatable bonds is 3. The molecule has 1 N–H and O–H groups in total. The molecule has 2 fully saturated rings. The summed E-state index contributed by atoms with van der Waals surface area (Å²) >= 11 is 0. The van der Waals surface area contributed by atoms with Crippen LogP contribution < -0.4 is 15.0 Å². The molecular formula is C30H35N5O3. The van der Waals surface area contributed by atoms with E-state index in [4.69, 9.17) is 14.5 Å². The maximum absolute atomic E-state index is 13.4. The normalized spacial score (nSPS) is 22.5. The standard InChI is InChI=1S/C30H35N5O3/c1-3-23-14-31-20(2)32-30(23)35-16-27-28(17-35)37-19-22-7-5-9-26(13-22)38-25-8-4-6-21(12-25)15-34(24-10-11-24)18-29(36)33-27/h4-9,12-14,24,27-28H,3,10-11,15-19H2,1-2H3,(H,33,36)/t27-,28-/m0/s1. The van der Waals surface area contributed by atoms with Crippen molar-refractivity contribution in [2.45, 2.75) is 64.4 Å². The predicted molar refractivity (Wildman–Crippen MR) is 145 cm³/mol. The first-order valence-electron chi connectivity index (χ1n) is 13.6. The van der Waals surface area contributed by atoms with Gasteiger partial charge in [0.15, 0.2) is 0 Å². The van der Waals surface area contributed by atoms with E-state index in [1.54, 1.807) is 0 Å². The summed E-state index contributed by atoms with van der Waals surface area (Å²) in [5.41, 5.74) is 3.28. The Balaban J connectivity index is 1.29. The highest BCUT2D eigenvalue weighted by Gasteiger charge is 2.37. The lowest BCUT2D eigenvalue weighted by Crippen LogP contribution is -2.48. The zero-order chi connectivity index (χ0) is 26.1. The molecule has 1 aliphatic carbocycles. The third kappa shape index (κ3) is 5.66. The molecule has 8 heteroatoms. The molecule has 0 unspecified atom stereocenters. The molecule has 8 nitrogen and oxygen atoms in total. The first kappa shape index (κ1) is 24.8. The van der Waals surface area contributed by atoms with Gasteiger partial charge in [-0.1, -0.05) is 31.2 Å². The minimum Gasteiger partial charge on any atom is -0.457 e. The van der Waals surface area contributed by atoms with Gasteiger partial charge in [-0.3, -0.25) is 9.69 Å². The van der Waals surface area contributed by atoms with E-state index in [-0.39, 0.29) is 18.1 Å². The molecule has 3 heterocycles. The van der Waals surface area contributed by atoms with Gasteiger partial charge in [0, 0.05) is 37.4 Å². The number of amides is 1. The molecular weight excluding hydrogens is 478 g/mol. The second-order valence-electron chi connectivity index (χ2n) is 10.6. The van der Waals surface area contributed by atoms with Crippen LogP contribution in [0.1, 0.15) is 42.3 Å². The topological polar surface area (TPSA) is 79.8 Å². The second kappa shape index (κ2) is 10.7. The van der Waals surface area contributed by atoms with E-state index < -0.39 is 0 Å². The minimum atomic E-state index is -0.168. The van der Waals surface area contributed by atoms with E-state index >= 15 is 0 Å². The highest BCUT2D eigenvalue weighted by Crippen LogP contribution is 2.31. The Labute approximate surface area is 224 Å². The Bertz CT molecular complexity index is 1310. The van der Waals surface area contributed by atoms with Gasteiger partial charge in [0.1, 0.15) is 23.1 Å². The van der Waals surface area contributed by atoms with Crippen LogP contribution in [-0.4, -0.2) is 58.6 Å². The van der Waals surface area contributed by atoms with Crippen LogP contribution in [0.5, 0.6) is 11.5 Å². The molecule has 0 radical (unpaired) electrons. The van der Waals surface area contributed by atoms with E-state index in [1.165, 1.54) is 0 Å². The number of nitrogens with zero attached hydrogens (tertiary/aromatic N) is 4. The number of nitrogens with one attached hydrogen (secondary N) is 1. The van der Waals surface area contributed by atoms with Crippen LogP contribution in [-0.2, 0) is 29.1 Å². The van der Waals surface area contributed by atoms with Gasteiger partial charge in [0.2, 0.25) is 5.91 Å². The van der Waals surface area contributed by atoms with Crippen LogP contribution in [0.3, 0.4) is 0 Å². The first-order valence-corrected chi connectivity index (χ1v) is 13.6. The Morgan fingerprint density at radius 3 is 2.55 bits per heavy atom. The molecule has 6 rings (SSSR count). The monoisotopic (exact) mass is 513 g/mol. The average molecular weight is 514 g/mol. The first-order chi connectivity index (χ1) is 18.5. The molecule has 2 atom stereocenters. The molecule has 1 aromatic heterocycles. The summed E-state index contributed by atoms with van der Waals surface area (Å²) in [5, 5.41) is 3.32. The van der Waals surface area contributed by atoms with E-state index in [0.29, 0.717) is 38.8 Å². The molecule has 198 valence electrons. The summed E-state index contributed by atoms with van der Waals surface area (Å²) in [4.78, 5) is 27.0. The third-order valence-corrected chi connectivity index (χ3v) is 7.55. The quantitative estimate of drug-likeness (QED) is 0.567. The molecule has 1 amide bonds. The fourth-order valence-electron chi connectivity index (χ4n) is 5.43. The van der Waals surface area contributed by atoms with E-state index in [2.05, 4.69) is 39.2 Å². The van der Waals surface area contributed by atoms with Crippen molar-refractivity contribution in [1.29, 1.82) is 0 Å². The van der Waals surface area contributed by atoms with E-state index in [0.717, 1.165) is 59.1 Å². The van der Waals surface area contributed by atoms with Gasteiger partial charge in [0.25, 0.3) is 0 Å². The largest absolute Gasteiger partial charge is 0.457 e. The maximum atomic E-state index is 13.4. The average Bonchev–Trinajstić information content (AvgIpc) is 3.68. The van der Waals surface area contributed by atoms with Gasteiger partial charge in [-0.2, -0.15) is 0 Å². The number of benzene rings is 2. The lowest BCUT2D eigenvalue weighted by molar-refractivity contribution is -0.124. The van der Waals surface area contributed by atoms with Gasteiger partial charge in [0.05, 0.1) is 25.3 Å². The number of carbonyl (C=O) groups excluding carboxylic acids is 1. The molecule has 3 aliphatic rings. The van der Waals surface area contributed by atoms with Crippen molar-refractivity contribution in [3.05, 3.63) is 77.2 Å². The summed E-state index contributed by atoms with van der Waals surface area (Å²) in [5.74, 6) is 3.30. The number of hydrogen-bond acceptors (Lipinski definition) is 7. The van der Waals surface area contributed by atoms with Crippen LogP contribution in [0.2, 0.25) is 0 Å². The highest BCUT2D eigenvalue weighted by molar-refractivity contribution is 5.78. The van der Waals surface area contributed by atoms with E-state index in [1.807, 2.05) is 49.5 Å². The fraction of sp³-hybridized carbons (Fsp3) is 0.433. The Morgan fingerprint density at radius 2 is 1.79 bits per heavy atom. The zero-order valence-electron chi connectivity index (χ0n) is 22.1. The van der Waals surface area contributed by atoms with Gasteiger partial charge >= 0.3 is 0 Å². The molecule has 1 saturated carbocycles. The molecule has 2 aromatic carbocycles. The number of ether oxygens (including phenoxy) is 2. The van der Waals surface area contributed by atoms with Crippen LogP contribution in [0.25, 0.3) is 0 Å². The summed E-state index contributed by atoms with van der Waals surface area (Å²) in [7, 11) is 0. The maximum Gasteiger partial charge on any atom is 0.234 e. The van der Waals surface area contributed by atoms with Crippen molar-refractivity contribution >= 4 is 11.7 Å². The van der Waals surface area contributed by atoms with Crippen molar-refractivity contribution in [2.24, 2.45) is 0 Å². The van der Waals surface area contributed by atoms with Gasteiger partial charge in [-0.25, -0.2) is 9.97 Å². The van der Waals surface area contributed by atoms with Crippen LogP contribution in [0, 0.1) is 6.92 Å². The van der Waals surface area contributed by atoms with Gasteiger partial charge in [-0.15, -0.1) is 0 Å². The SMILES string of the molecule is CCc1cnc(C)nc1N1C[C@@H]2NC(=O)CN(C3CC3)Cc3cccc(c3)Oc3cccc(c3)CO[C@H]2C1. The lowest BCUT2D eigenvalue weighted by Gasteiger charge is -2.25. The Kier molecular flexibility index (Phi) is 7.00. The Hall–Kier alpha value is -3.49. The Morgan fingerprint density at radius 1 is 1.03 bits per heavy atom. The molecule has 1 saturated heterocycles. The van der Waals surface area contributed by atoms with Crippen molar-refractivity contribution in [3.63, 3.8) is 0 Å². The molecule has 2 aliphatic heterocycles. The fourth-order valence-corrected chi connectivity index (χ4v) is 5.43. The van der Waals surface area contributed by atoms with Crippen LogP contribution in [0.4, 0.5) is 5.82 Å². The lowest BCUT2D eigenvalue weighted by atomic mass is 10.1. The minimum absolute atomic E-state index is 0.0356. The van der Waals surface area contributed by atoms with Crippen molar-refractivity contribution < 1.29 is 14.3 Å². The van der Waals surface area contributed by atoms with Crippen molar-refractivity contribution in [3.8, 4) is 11.5 Å². The molecule has 4 bridgehead atoms. The third-order valence-electron chi connectivity index (χ3n) is 7.55. The summed E-state index contributed by atoms with van der Waals surface area (Å²) < 4.78 is 12.7. The van der Waals surface area contributed by atoms with Gasteiger partial charge in [-0.05, 0) is 61.6 Å². The number of carbonyl (C=O) groups is 1. The number of aromatic nitrogens is 2. The second-order valence-corrected chi connectivity index (χ2v) is 10.6. The molecule has 38 heavy (non-hydrogen) atoms. The van der Waals surface area contributed by atoms with Crippen LogP contribution in [0.15, 0.2) is 54.7 Å². The number of anilines is 1. The number of aryl methyl sites for hydroxylation is 2. The zero-order valence-corrected chi connectivity index (χ0v) is 22.1. The summed E-state index contributed by atoms with van der Waals surface area (Å²) in [6.45, 7) is 6.84. The number of hydrogen-bond donors (Lipinski definition) is 1. The summed E-state index contributed by atoms with van der Waals surface area (Å²) in [6, 6.07) is 16.5. The van der Waals surface area contributed by atoms with Gasteiger partial charge < -0.3 is 19.7 Å². The van der Waals surface area contributed by atoms with Crippen molar-refractivity contribution in [2.75, 3.05) is 24.5 Å².